The van der Waals surface area contributed by atoms with E-state index in [0.717, 1.165) is 5.56 Å². The minimum Gasteiger partial charge on any atom is -0.480 e. The smallest absolute Gasteiger partial charge is 0.326 e. The maximum atomic E-state index is 11.8. The fraction of sp³-hybridized carbons (Fsp3) is 0.429. The Labute approximate surface area is 138 Å². The largest absolute Gasteiger partial charge is 0.480 e. The average Bonchev–Trinajstić information content (AvgIpc) is 2.42. The molecule has 1 amide bonds. The summed E-state index contributed by atoms with van der Waals surface area (Å²) in [7, 11) is 0. The van der Waals surface area contributed by atoms with Gasteiger partial charge in [0.05, 0.1) is 0 Å². The number of hydrogen-bond donors (Lipinski definition) is 2. The summed E-state index contributed by atoms with van der Waals surface area (Å²) < 4.78 is 0. The molecule has 116 valence electrons. The first-order chi connectivity index (χ1) is 9.93. The zero-order valence-corrected chi connectivity index (χ0v) is 13.9. The maximum absolute atomic E-state index is 11.8. The Morgan fingerprint density at radius 1 is 1.38 bits per heavy atom. The molecule has 0 saturated heterocycles. The first-order valence-corrected chi connectivity index (χ1v) is 8.54. The van der Waals surface area contributed by atoms with Gasteiger partial charge in [0.2, 0.25) is 5.91 Å². The molecular weight excluding hydrogens is 333 g/mol. The fourth-order valence-corrected chi connectivity index (χ4v) is 2.71. The van der Waals surface area contributed by atoms with Crippen molar-refractivity contribution in [1.29, 1.82) is 0 Å². The lowest BCUT2D eigenvalue weighted by Crippen LogP contribution is -2.41. The molecule has 0 heterocycles. The number of carbonyl (C=O) groups excluding carboxylic acids is 1. The van der Waals surface area contributed by atoms with E-state index >= 15 is 0 Å². The number of nitrogens with one attached hydrogen (secondary N) is 1. The van der Waals surface area contributed by atoms with E-state index in [9.17, 15) is 9.59 Å². The number of hydrogen-bond acceptors (Lipinski definition) is 3. The van der Waals surface area contributed by atoms with Crippen molar-refractivity contribution in [2.24, 2.45) is 0 Å². The van der Waals surface area contributed by atoms with Gasteiger partial charge in [0.25, 0.3) is 0 Å². The molecule has 0 aliphatic rings. The molecule has 4 nitrogen and oxygen atoms in total. The number of carboxylic acid groups (broad SMARTS) is 1. The number of aryl methyl sites for hydroxylation is 1. The van der Waals surface area contributed by atoms with Crippen LogP contribution < -0.4 is 5.32 Å². The Morgan fingerprint density at radius 3 is 2.67 bits per heavy atom. The molecular formula is C14H17Cl2NO3S. The van der Waals surface area contributed by atoms with Crippen LogP contribution in [0.25, 0.3) is 0 Å². The van der Waals surface area contributed by atoms with E-state index in [0.29, 0.717) is 28.6 Å². The predicted molar refractivity (Wildman–Crippen MR) is 87.3 cm³/mol. The minimum absolute atomic E-state index is 0.185. The molecule has 1 rings (SSSR count). The Balaban J connectivity index is 2.50. The monoisotopic (exact) mass is 349 g/mol. The van der Waals surface area contributed by atoms with Crippen LogP contribution in [-0.4, -0.2) is 35.0 Å². The van der Waals surface area contributed by atoms with Gasteiger partial charge in [0.1, 0.15) is 6.04 Å². The zero-order chi connectivity index (χ0) is 15.8. The second-order valence-corrected chi connectivity index (χ2v) is 6.30. The molecule has 0 radical (unpaired) electrons. The van der Waals surface area contributed by atoms with Gasteiger partial charge < -0.3 is 10.4 Å². The Hall–Kier alpha value is -0.910. The van der Waals surface area contributed by atoms with E-state index in [1.165, 1.54) is 0 Å². The minimum atomic E-state index is -1.01. The van der Waals surface area contributed by atoms with Crippen LogP contribution in [0, 0.1) is 0 Å². The molecule has 1 atom stereocenters. The van der Waals surface area contributed by atoms with E-state index in [2.05, 4.69) is 5.32 Å². The standard InChI is InChI=1S/C14H17Cl2NO3S/c1-21-7-6-12(14(19)20)17-13(18)5-3-9-2-4-10(15)8-11(9)16/h2,4,8,12H,3,5-7H2,1H3,(H,17,18)(H,19,20)/t12-/m0/s1. The number of aliphatic carboxylic acids is 1. The Morgan fingerprint density at radius 2 is 2.10 bits per heavy atom. The van der Waals surface area contributed by atoms with Gasteiger partial charge >= 0.3 is 5.97 Å². The average molecular weight is 350 g/mol. The quantitative estimate of drug-likeness (QED) is 0.755. The van der Waals surface area contributed by atoms with Crippen molar-refractivity contribution in [3.63, 3.8) is 0 Å². The first-order valence-electron chi connectivity index (χ1n) is 6.39. The number of rotatable bonds is 8. The van der Waals surface area contributed by atoms with Gasteiger partial charge in [-0.05, 0) is 42.5 Å². The summed E-state index contributed by atoms with van der Waals surface area (Å²) in [5, 5.41) is 12.6. The van der Waals surface area contributed by atoms with Gasteiger partial charge in [-0.15, -0.1) is 0 Å². The number of benzene rings is 1. The van der Waals surface area contributed by atoms with Gasteiger partial charge in [-0.1, -0.05) is 29.3 Å². The number of carboxylic acids is 1. The van der Waals surface area contributed by atoms with Gasteiger partial charge in [0.15, 0.2) is 0 Å². The number of thioether (sulfide) groups is 1. The van der Waals surface area contributed by atoms with Crippen LogP contribution >= 0.6 is 35.0 Å². The lowest BCUT2D eigenvalue weighted by atomic mass is 10.1. The van der Waals surface area contributed by atoms with Crippen LogP contribution in [0.4, 0.5) is 0 Å². The Bertz CT molecular complexity index is 511. The molecule has 0 bridgehead atoms. The topological polar surface area (TPSA) is 66.4 Å². The molecule has 0 aliphatic heterocycles. The normalized spacial score (nSPS) is 12.0. The summed E-state index contributed by atoms with van der Waals surface area (Å²) in [4.78, 5) is 22.9. The molecule has 0 aliphatic carbocycles. The van der Waals surface area contributed by atoms with E-state index in [4.69, 9.17) is 28.3 Å². The summed E-state index contributed by atoms with van der Waals surface area (Å²) in [6.07, 6.45) is 2.92. The van der Waals surface area contributed by atoms with Crippen molar-refractivity contribution >= 4 is 46.8 Å². The van der Waals surface area contributed by atoms with Crippen molar-refractivity contribution in [1.82, 2.24) is 5.32 Å². The lowest BCUT2D eigenvalue weighted by molar-refractivity contribution is -0.141. The summed E-state index contributed by atoms with van der Waals surface area (Å²) in [5.41, 5.74) is 0.812. The van der Waals surface area contributed by atoms with Crippen molar-refractivity contribution in [3.05, 3.63) is 33.8 Å². The van der Waals surface area contributed by atoms with Crippen molar-refractivity contribution < 1.29 is 14.7 Å². The molecule has 1 aromatic carbocycles. The summed E-state index contributed by atoms with van der Waals surface area (Å²) in [6, 6.07) is 4.25. The highest BCUT2D eigenvalue weighted by atomic mass is 35.5. The summed E-state index contributed by atoms with van der Waals surface area (Å²) in [5.74, 6) is -0.628. The van der Waals surface area contributed by atoms with E-state index < -0.39 is 12.0 Å². The van der Waals surface area contributed by atoms with Gasteiger partial charge in [-0.3, -0.25) is 4.79 Å². The van der Waals surface area contributed by atoms with E-state index in [1.807, 2.05) is 6.26 Å². The molecule has 0 aromatic heterocycles. The molecule has 0 spiro atoms. The summed E-state index contributed by atoms with van der Waals surface area (Å²) >= 11 is 13.4. The third kappa shape index (κ3) is 6.59. The number of halogens is 2. The van der Waals surface area contributed by atoms with Crippen molar-refractivity contribution in [2.75, 3.05) is 12.0 Å². The second kappa shape index (κ2) is 9.18. The van der Waals surface area contributed by atoms with Crippen LogP contribution in [0.15, 0.2) is 18.2 Å². The van der Waals surface area contributed by atoms with E-state index in [-0.39, 0.29) is 12.3 Å². The molecule has 0 fully saturated rings. The molecule has 0 unspecified atom stereocenters. The first kappa shape index (κ1) is 18.1. The molecule has 1 aromatic rings. The molecule has 2 N–H and O–H groups in total. The molecule has 0 saturated carbocycles. The number of amides is 1. The maximum Gasteiger partial charge on any atom is 0.326 e. The van der Waals surface area contributed by atoms with Crippen LogP contribution in [0.5, 0.6) is 0 Å². The third-order valence-electron chi connectivity index (χ3n) is 2.88. The Kier molecular flexibility index (Phi) is 7.93. The van der Waals surface area contributed by atoms with Crippen LogP contribution in [0.2, 0.25) is 10.0 Å². The van der Waals surface area contributed by atoms with Gasteiger partial charge in [-0.2, -0.15) is 11.8 Å². The van der Waals surface area contributed by atoms with E-state index in [1.54, 1.807) is 30.0 Å². The zero-order valence-electron chi connectivity index (χ0n) is 11.6. The highest BCUT2D eigenvalue weighted by Crippen LogP contribution is 2.22. The number of carbonyl (C=O) groups is 2. The second-order valence-electron chi connectivity index (χ2n) is 4.48. The van der Waals surface area contributed by atoms with Gasteiger partial charge in [-0.25, -0.2) is 4.79 Å². The molecule has 7 heteroatoms. The lowest BCUT2D eigenvalue weighted by Gasteiger charge is -2.14. The van der Waals surface area contributed by atoms with Crippen LogP contribution in [0.1, 0.15) is 18.4 Å². The fourth-order valence-electron chi connectivity index (χ4n) is 1.73. The van der Waals surface area contributed by atoms with Crippen molar-refractivity contribution in [2.45, 2.75) is 25.3 Å². The highest BCUT2D eigenvalue weighted by molar-refractivity contribution is 7.98. The van der Waals surface area contributed by atoms with Crippen LogP contribution in [-0.2, 0) is 16.0 Å². The highest BCUT2D eigenvalue weighted by Gasteiger charge is 2.19. The third-order valence-corrected chi connectivity index (χ3v) is 4.11. The predicted octanol–water partition coefficient (Wildman–Crippen LogP) is 3.25. The van der Waals surface area contributed by atoms with Gasteiger partial charge in [0, 0.05) is 16.5 Å². The summed E-state index contributed by atoms with van der Waals surface area (Å²) in [6.45, 7) is 0. The van der Waals surface area contributed by atoms with Crippen molar-refractivity contribution in [3.8, 4) is 0 Å². The van der Waals surface area contributed by atoms with Crippen LogP contribution in [0.3, 0.4) is 0 Å². The molecule has 21 heavy (non-hydrogen) atoms. The SMILES string of the molecule is CSCC[C@H](NC(=O)CCc1ccc(Cl)cc1Cl)C(=O)O.